The Morgan fingerprint density at radius 3 is 2.48 bits per heavy atom. The van der Waals surface area contributed by atoms with Gasteiger partial charge in [-0.15, -0.1) is 0 Å². The number of urea groups is 1. The van der Waals surface area contributed by atoms with E-state index >= 15 is 0 Å². The van der Waals surface area contributed by atoms with E-state index in [0.717, 1.165) is 4.90 Å². The minimum atomic E-state index is -1.43. The van der Waals surface area contributed by atoms with Crippen LogP contribution in [0.4, 0.5) is 10.5 Å². The summed E-state index contributed by atoms with van der Waals surface area (Å²) in [5, 5.41) is 5.76. The summed E-state index contributed by atoms with van der Waals surface area (Å²) < 4.78 is 0. The van der Waals surface area contributed by atoms with E-state index < -0.39 is 29.9 Å². The van der Waals surface area contributed by atoms with Gasteiger partial charge < -0.3 is 10.6 Å². The van der Waals surface area contributed by atoms with Gasteiger partial charge in [-0.05, 0) is 38.1 Å². The quantitative estimate of drug-likeness (QED) is 0.555. The van der Waals surface area contributed by atoms with E-state index in [1.807, 2.05) is 0 Å². The maximum absolute atomic E-state index is 13.0. The molecule has 0 radical (unpaired) electrons. The van der Waals surface area contributed by atoms with Crippen molar-refractivity contribution in [1.82, 2.24) is 10.2 Å². The molecule has 1 heterocycles. The number of halogens is 2. The van der Waals surface area contributed by atoms with Gasteiger partial charge in [0.25, 0.3) is 5.91 Å². The minimum absolute atomic E-state index is 0.218. The van der Waals surface area contributed by atoms with E-state index in [-0.39, 0.29) is 10.8 Å². The largest absolute Gasteiger partial charge is 0.325 e. The number of nitrogens with zero attached hydrogens (tertiary/aromatic N) is 1. The average Bonchev–Trinajstić information content (AvgIpc) is 2.85. The van der Waals surface area contributed by atoms with Crippen LogP contribution in [0, 0.1) is 0 Å². The number of anilines is 1. The van der Waals surface area contributed by atoms with E-state index in [9.17, 15) is 19.2 Å². The lowest BCUT2D eigenvalue weighted by atomic mass is 9.92. The van der Waals surface area contributed by atoms with Crippen molar-refractivity contribution in [3.63, 3.8) is 0 Å². The van der Waals surface area contributed by atoms with Crippen molar-refractivity contribution in [3.05, 3.63) is 63.6 Å². The summed E-state index contributed by atoms with van der Waals surface area (Å²) in [4.78, 5) is 50.3. The molecule has 0 aromatic heterocycles. The lowest BCUT2D eigenvalue weighted by molar-refractivity contribution is -0.133. The SMILES string of the molecule is CC(=O)c1ccccc1NC(=O)CN1C(=O)N[C@](C)(c2ccc(Cl)cc2Cl)C1=O. The predicted molar refractivity (Wildman–Crippen MR) is 109 cm³/mol. The van der Waals surface area contributed by atoms with Crippen LogP contribution >= 0.6 is 23.2 Å². The van der Waals surface area contributed by atoms with Gasteiger partial charge in [0.15, 0.2) is 5.78 Å². The summed E-state index contributed by atoms with van der Waals surface area (Å²) >= 11 is 12.1. The highest BCUT2D eigenvalue weighted by Gasteiger charge is 2.50. The number of carbonyl (C=O) groups excluding carboxylic acids is 4. The summed E-state index contributed by atoms with van der Waals surface area (Å²) in [6.07, 6.45) is 0. The summed E-state index contributed by atoms with van der Waals surface area (Å²) in [5.74, 6) is -1.46. The first-order chi connectivity index (χ1) is 13.6. The lowest BCUT2D eigenvalue weighted by Gasteiger charge is -2.23. The molecule has 0 bridgehead atoms. The Morgan fingerprint density at radius 2 is 1.83 bits per heavy atom. The molecule has 7 nitrogen and oxygen atoms in total. The van der Waals surface area contributed by atoms with E-state index in [0.29, 0.717) is 21.8 Å². The second-order valence-electron chi connectivity index (χ2n) is 6.72. The molecular formula is C20H17Cl2N3O4. The highest BCUT2D eigenvalue weighted by atomic mass is 35.5. The third-order valence-electron chi connectivity index (χ3n) is 4.63. The number of ketones is 1. The fourth-order valence-electron chi connectivity index (χ4n) is 3.15. The van der Waals surface area contributed by atoms with Gasteiger partial charge >= 0.3 is 6.03 Å². The molecule has 1 aliphatic rings. The first-order valence-electron chi connectivity index (χ1n) is 8.63. The molecule has 0 unspecified atom stereocenters. The summed E-state index contributed by atoms with van der Waals surface area (Å²) in [6.45, 7) is 2.37. The van der Waals surface area contributed by atoms with Crippen molar-refractivity contribution in [3.8, 4) is 0 Å². The molecule has 29 heavy (non-hydrogen) atoms. The highest BCUT2D eigenvalue weighted by Crippen LogP contribution is 2.34. The minimum Gasteiger partial charge on any atom is -0.324 e. The highest BCUT2D eigenvalue weighted by molar-refractivity contribution is 6.35. The van der Waals surface area contributed by atoms with E-state index in [2.05, 4.69) is 10.6 Å². The zero-order valence-electron chi connectivity index (χ0n) is 15.6. The summed E-state index contributed by atoms with van der Waals surface area (Å²) in [6, 6.07) is 10.3. The standard InChI is InChI=1S/C20H17Cl2N3O4/c1-11(26)13-5-3-4-6-16(13)23-17(27)10-25-18(28)20(2,24-19(25)29)14-8-7-12(21)9-15(14)22/h3-9H,10H2,1-2H3,(H,23,27)(H,24,29)/t20-/m1/s1. The Labute approximate surface area is 177 Å². The van der Waals surface area contributed by atoms with Crippen LogP contribution < -0.4 is 10.6 Å². The third-order valence-corrected chi connectivity index (χ3v) is 5.17. The number of rotatable bonds is 5. The second kappa shape index (κ2) is 7.85. The van der Waals surface area contributed by atoms with Crippen LogP contribution in [0.2, 0.25) is 10.0 Å². The Balaban J connectivity index is 1.80. The number of amides is 4. The molecule has 1 fully saturated rings. The fraction of sp³-hybridized carbons (Fsp3) is 0.200. The van der Waals surface area contributed by atoms with Gasteiger partial charge in [0, 0.05) is 21.2 Å². The van der Waals surface area contributed by atoms with Gasteiger partial charge in [0.05, 0.1) is 5.69 Å². The molecule has 2 aromatic rings. The first-order valence-corrected chi connectivity index (χ1v) is 9.38. The van der Waals surface area contributed by atoms with E-state index in [4.69, 9.17) is 23.2 Å². The van der Waals surface area contributed by atoms with Gasteiger partial charge in [-0.25, -0.2) is 4.79 Å². The third kappa shape index (κ3) is 3.97. The number of Topliss-reactive ketones (excluding diaryl/α,β-unsaturated/α-hetero) is 1. The van der Waals surface area contributed by atoms with Crippen molar-refractivity contribution in [2.45, 2.75) is 19.4 Å². The molecule has 4 amide bonds. The fourth-order valence-corrected chi connectivity index (χ4v) is 3.75. The van der Waals surface area contributed by atoms with Gasteiger partial charge in [0.1, 0.15) is 12.1 Å². The van der Waals surface area contributed by atoms with Gasteiger partial charge in [-0.3, -0.25) is 19.3 Å². The topological polar surface area (TPSA) is 95.6 Å². The molecule has 1 atom stereocenters. The van der Waals surface area contributed by atoms with Gasteiger partial charge in [-0.2, -0.15) is 0 Å². The van der Waals surface area contributed by atoms with Crippen molar-refractivity contribution in [2.24, 2.45) is 0 Å². The van der Waals surface area contributed by atoms with E-state index in [1.165, 1.54) is 19.9 Å². The van der Waals surface area contributed by atoms with Crippen LogP contribution in [0.25, 0.3) is 0 Å². The van der Waals surface area contributed by atoms with Crippen LogP contribution in [0.1, 0.15) is 29.8 Å². The maximum atomic E-state index is 13.0. The monoisotopic (exact) mass is 433 g/mol. The zero-order valence-corrected chi connectivity index (χ0v) is 17.1. The Morgan fingerprint density at radius 1 is 1.14 bits per heavy atom. The molecule has 2 aromatic carbocycles. The molecule has 1 aliphatic heterocycles. The summed E-state index contributed by atoms with van der Waals surface area (Å²) in [7, 11) is 0. The van der Waals surface area contributed by atoms with Gasteiger partial charge in [0.2, 0.25) is 5.91 Å². The normalized spacial score (nSPS) is 18.6. The van der Waals surface area contributed by atoms with Crippen molar-refractivity contribution < 1.29 is 19.2 Å². The molecule has 0 spiro atoms. The van der Waals surface area contributed by atoms with Crippen LogP contribution in [0.15, 0.2) is 42.5 Å². The number of hydrogen-bond acceptors (Lipinski definition) is 4. The first kappa shape index (κ1) is 20.8. The smallest absolute Gasteiger partial charge is 0.324 e. The number of nitrogens with one attached hydrogen (secondary N) is 2. The lowest BCUT2D eigenvalue weighted by Crippen LogP contribution is -2.42. The average molecular weight is 434 g/mol. The molecule has 1 saturated heterocycles. The Hall–Kier alpha value is -2.90. The van der Waals surface area contributed by atoms with Crippen LogP contribution in [-0.2, 0) is 15.1 Å². The number of imide groups is 1. The summed E-state index contributed by atoms with van der Waals surface area (Å²) in [5.41, 5.74) is -0.431. The molecule has 0 saturated carbocycles. The predicted octanol–water partition coefficient (Wildman–Crippen LogP) is 3.60. The van der Waals surface area contributed by atoms with Crippen LogP contribution in [0.3, 0.4) is 0 Å². The molecule has 2 N–H and O–H groups in total. The van der Waals surface area contributed by atoms with Crippen molar-refractivity contribution in [1.29, 1.82) is 0 Å². The number of para-hydroxylation sites is 1. The molecule has 150 valence electrons. The van der Waals surface area contributed by atoms with E-state index in [1.54, 1.807) is 36.4 Å². The molecular weight excluding hydrogens is 417 g/mol. The number of benzene rings is 2. The van der Waals surface area contributed by atoms with Crippen molar-refractivity contribution >= 4 is 52.5 Å². The molecule has 9 heteroatoms. The Bertz CT molecular complexity index is 1040. The number of carbonyl (C=O) groups is 4. The van der Waals surface area contributed by atoms with Crippen LogP contribution in [-0.4, -0.2) is 35.1 Å². The van der Waals surface area contributed by atoms with Crippen LogP contribution in [0.5, 0.6) is 0 Å². The molecule has 3 rings (SSSR count). The second-order valence-corrected chi connectivity index (χ2v) is 7.56. The van der Waals surface area contributed by atoms with Gasteiger partial charge in [-0.1, -0.05) is 41.4 Å². The molecule has 0 aliphatic carbocycles. The number of hydrogen-bond donors (Lipinski definition) is 2. The maximum Gasteiger partial charge on any atom is 0.325 e. The zero-order chi connectivity index (χ0) is 21.3. The van der Waals surface area contributed by atoms with Crippen molar-refractivity contribution in [2.75, 3.05) is 11.9 Å². The Kier molecular flexibility index (Phi) is 5.64.